The van der Waals surface area contributed by atoms with Crippen LogP contribution in [-0.4, -0.2) is 25.0 Å². The minimum atomic E-state index is -0.0677. The van der Waals surface area contributed by atoms with Crippen molar-refractivity contribution in [3.05, 3.63) is 58.7 Å². The Labute approximate surface area is 161 Å². The number of ether oxygens (including phenoxy) is 1. The topological polar surface area (TPSA) is 58.6 Å². The zero-order valence-electron chi connectivity index (χ0n) is 16.6. The van der Waals surface area contributed by atoms with E-state index < -0.39 is 0 Å². The number of methoxy groups -OCH3 is 1. The Morgan fingerprint density at radius 2 is 1.81 bits per heavy atom. The van der Waals surface area contributed by atoms with Crippen LogP contribution in [-0.2, 0) is 12.8 Å². The molecule has 144 valence electrons. The number of benzene rings is 2. The third kappa shape index (κ3) is 4.91. The quantitative estimate of drug-likeness (QED) is 0.470. The van der Waals surface area contributed by atoms with Crippen molar-refractivity contribution in [3.63, 3.8) is 0 Å². The van der Waals surface area contributed by atoms with Crippen molar-refractivity contribution < 1.29 is 14.6 Å². The molecular weight excluding hydrogens is 338 g/mol. The summed E-state index contributed by atoms with van der Waals surface area (Å²) in [6.07, 6.45) is 6.70. The second-order valence-electron chi connectivity index (χ2n) is 6.51. The molecule has 0 aromatic heterocycles. The standard InChI is InChI=1S/C23H29NO3/c1-5-7-17-15-18(23(27-4)20(8-6-2)22(17)26)11-14-21(25)16-9-12-19(24-3)13-10-16/h9-15,24,26H,5-8H2,1-4H3. The number of aryl methyl sites for hydroxylation is 1. The Balaban J connectivity index is 2.40. The van der Waals surface area contributed by atoms with Gasteiger partial charge in [0.05, 0.1) is 7.11 Å². The van der Waals surface area contributed by atoms with Gasteiger partial charge in [0.1, 0.15) is 11.5 Å². The molecule has 0 bridgehead atoms. The summed E-state index contributed by atoms with van der Waals surface area (Å²) < 4.78 is 5.58. The monoisotopic (exact) mass is 367 g/mol. The van der Waals surface area contributed by atoms with E-state index in [0.717, 1.165) is 48.1 Å². The minimum Gasteiger partial charge on any atom is -0.507 e. The molecule has 0 atom stereocenters. The van der Waals surface area contributed by atoms with Crippen LogP contribution >= 0.6 is 0 Å². The molecule has 0 amide bonds. The molecule has 0 spiro atoms. The lowest BCUT2D eigenvalue weighted by Crippen LogP contribution is -2.00. The number of aromatic hydroxyl groups is 1. The van der Waals surface area contributed by atoms with E-state index in [1.807, 2.05) is 25.2 Å². The van der Waals surface area contributed by atoms with E-state index in [4.69, 9.17) is 4.74 Å². The maximum atomic E-state index is 12.5. The maximum absolute atomic E-state index is 12.5. The molecule has 2 aromatic rings. The highest BCUT2D eigenvalue weighted by atomic mass is 16.5. The fraction of sp³-hybridized carbons (Fsp3) is 0.348. The van der Waals surface area contributed by atoms with Gasteiger partial charge in [-0.1, -0.05) is 26.7 Å². The molecule has 2 aromatic carbocycles. The summed E-state index contributed by atoms with van der Waals surface area (Å²) in [7, 11) is 3.44. The van der Waals surface area contributed by atoms with E-state index in [1.54, 1.807) is 31.4 Å². The number of rotatable bonds is 9. The lowest BCUT2D eigenvalue weighted by atomic mass is 9.96. The first kappa shape index (κ1) is 20.6. The van der Waals surface area contributed by atoms with Crippen LogP contribution in [0, 0.1) is 0 Å². The van der Waals surface area contributed by atoms with Gasteiger partial charge in [0.2, 0.25) is 0 Å². The molecule has 2 rings (SSSR count). The van der Waals surface area contributed by atoms with Gasteiger partial charge >= 0.3 is 0 Å². The van der Waals surface area contributed by atoms with Gasteiger partial charge in [-0.05, 0) is 60.9 Å². The Morgan fingerprint density at radius 1 is 1.15 bits per heavy atom. The van der Waals surface area contributed by atoms with Crippen molar-refractivity contribution in [1.29, 1.82) is 0 Å². The van der Waals surface area contributed by atoms with Crippen molar-refractivity contribution in [1.82, 2.24) is 0 Å². The molecule has 0 heterocycles. The third-order valence-corrected chi connectivity index (χ3v) is 4.55. The molecule has 27 heavy (non-hydrogen) atoms. The number of carbonyl (C=O) groups is 1. The molecule has 4 heteroatoms. The van der Waals surface area contributed by atoms with Gasteiger partial charge in [-0.2, -0.15) is 0 Å². The average Bonchev–Trinajstić information content (AvgIpc) is 2.69. The Kier molecular flexibility index (Phi) is 7.47. The predicted octanol–water partition coefficient (Wildman–Crippen LogP) is 5.24. The Morgan fingerprint density at radius 3 is 2.37 bits per heavy atom. The molecule has 2 N–H and O–H groups in total. The van der Waals surface area contributed by atoms with E-state index in [1.165, 1.54) is 0 Å². The fourth-order valence-corrected chi connectivity index (χ4v) is 3.17. The largest absolute Gasteiger partial charge is 0.507 e. The summed E-state index contributed by atoms with van der Waals surface area (Å²) in [5.74, 6) is 0.896. The van der Waals surface area contributed by atoms with Crippen LogP contribution in [0.1, 0.15) is 53.7 Å². The summed E-state index contributed by atoms with van der Waals surface area (Å²) in [4.78, 5) is 12.5. The molecule has 4 nitrogen and oxygen atoms in total. The number of ketones is 1. The fourth-order valence-electron chi connectivity index (χ4n) is 3.17. The molecule has 0 fully saturated rings. The third-order valence-electron chi connectivity index (χ3n) is 4.55. The summed E-state index contributed by atoms with van der Waals surface area (Å²) in [6.45, 7) is 4.15. The van der Waals surface area contributed by atoms with Crippen molar-refractivity contribution >= 4 is 17.5 Å². The van der Waals surface area contributed by atoms with Gasteiger partial charge in [0.15, 0.2) is 5.78 Å². The second kappa shape index (κ2) is 9.81. The average molecular weight is 367 g/mol. The molecule has 0 saturated carbocycles. The van der Waals surface area contributed by atoms with Crippen molar-refractivity contribution in [3.8, 4) is 11.5 Å². The van der Waals surface area contributed by atoms with Crippen molar-refractivity contribution in [2.45, 2.75) is 39.5 Å². The highest BCUT2D eigenvalue weighted by molar-refractivity contribution is 6.07. The summed E-state index contributed by atoms with van der Waals surface area (Å²) in [5, 5.41) is 13.7. The van der Waals surface area contributed by atoms with Crippen LogP contribution in [0.25, 0.3) is 6.08 Å². The number of nitrogens with one attached hydrogen (secondary N) is 1. The van der Waals surface area contributed by atoms with Gasteiger partial charge < -0.3 is 15.2 Å². The maximum Gasteiger partial charge on any atom is 0.185 e. The van der Waals surface area contributed by atoms with Crippen LogP contribution < -0.4 is 10.1 Å². The first-order valence-electron chi connectivity index (χ1n) is 9.47. The smallest absolute Gasteiger partial charge is 0.185 e. The first-order valence-corrected chi connectivity index (χ1v) is 9.47. The number of carbonyl (C=O) groups excluding carboxylic acids is 1. The van der Waals surface area contributed by atoms with Crippen molar-refractivity contribution in [2.75, 3.05) is 19.5 Å². The highest BCUT2D eigenvalue weighted by Crippen LogP contribution is 2.37. The highest BCUT2D eigenvalue weighted by Gasteiger charge is 2.16. The van der Waals surface area contributed by atoms with E-state index in [0.29, 0.717) is 17.1 Å². The van der Waals surface area contributed by atoms with Crippen LogP contribution in [0.15, 0.2) is 36.4 Å². The summed E-state index contributed by atoms with van der Waals surface area (Å²) in [5.41, 5.74) is 4.13. The van der Waals surface area contributed by atoms with Gasteiger partial charge in [-0.3, -0.25) is 4.79 Å². The number of phenolic OH excluding ortho intramolecular Hbond substituents is 1. The molecule has 0 aliphatic carbocycles. The molecule has 0 aliphatic heterocycles. The van der Waals surface area contributed by atoms with Crippen LogP contribution in [0.2, 0.25) is 0 Å². The predicted molar refractivity (Wildman–Crippen MR) is 112 cm³/mol. The first-order chi connectivity index (χ1) is 13.0. The van der Waals surface area contributed by atoms with E-state index >= 15 is 0 Å². The van der Waals surface area contributed by atoms with Gasteiger partial charge in [0, 0.05) is 29.4 Å². The lowest BCUT2D eigenvalue weighted by molar-refractivity contribution is 0.104. The second-order valence-corrected chi connectivity index (χ2v) is 6.51. The molecule has 0 aliphatic rings. The molecule has 0 radical (unpaired) electrons. The van der Waals surface area contributed by atoms with Crippen LogP contribution in [0.4, 0.5) is 5.69 Å². The van der Waals surface area contributed by atoms with Gasteiger partial charge in [-0.25, -0.2) is 0 Å². The number of hydrogen-bond acceptors (Lipinski definition) is 4. The SMILES string of the molecule is CCCc1cc(C=CC(=O)c2ccc(NC)cc2)c(OC)c(CCC)c1O. The zero-order valence-corrected chi connectivity index (χ0v) is 16.6. The Hall–Kier alpha value is -2.75. The van der Waals surface area contributed by atoms with Gasteiger partial charge in [0.25, 0.3) is 0 Å². The summed E-state index contributed by atoms with van der Waals surface area (Å²) in [6, 6.07) is 9.28. The normalized spacial score (nSPS) is 11.0. The minimum absolute atomic E-state index is 0.0677. The van der Waals surface area contributed by atoms with Crippen LogP contribution in [0.3, 0.4) is 0 Å². The molecular formula is C23H29NO3. The number of allylic oxidation sites excluding steroid dienone is 1. The number of anilines is 1. The van der Waals surface area contributed by atoms with E-state index in [-0.39, 0.29) is 5.78 Å². The van der Waals surface area contributed by atoms with Crippen molar-refractivity contribution in [2.24, 2.45) is 0 Å². The molecule has 0 saturated heterocycles. The summed E-state index contributed by atoms with van der Waals surface area (Å²) >= 11 is 0. The number of hydrogen-bond donors (Lipinski definition) is 2. The van der Waals surface area contributed by atoms with E-state index in [9.17, 15) is 9.90 Å². The zero-order chi connectivity index (χ0) is 19.8. The van der Waals surface area contributed by atoms with E-state index in [2.05, 4.69) is 19.2 Å². The molecule has 0 unspecified atom stereocenters. The Bertz CT molecular complexity index is 807. The van der Waals surface area contributed by atoms with Crippen LogP contribution in [0.5, 0.6) is 11.5 Å². The number of phenols is 1. The van der Waals surface area contributed by atoms with Gasteiger partial charge in [-0.15, -0.1) is 0 Å². The lowest BCUT2D eigenvalue weighted by Gasteiger charge is -2.16.